The highest BCUT2D eigenvalue weighted by molar-refractivity contribution is 5.96. The molecule has 0 aliphatic rings. The van der Waals surface area contributed by atoms with E-state index in [1.54, 1.807) is 30.8 Å². The Bertz CT molecular complexity index is 771. The summed E-state index contributed by atoms with van der Waals surface area (Å²) in [7, 11) is 1.80. The number of ether oxygens (including phenoxy) is 2. The molecule has 0 bridgehead atoms. The van der Waals surface area contributed by atoms with Gasteiger partial charge in [0, 0.05) is 7.05 Å². The quantitative estimate of drug-likeness (QED) is 0.769. The van der Waals surface area contributed by atoms with Crippen LogP contribution in [-0.2, 0) is 21.4 Å². The minimum Gasteiger partial charge on any atom is -0.479 e. The van der Waals surface area contributed by atoms with E-state index >= 15 is 0 Å². The summed E-state index contributed by atoms with van der Waals surface area (Å²) in [5, 5.41) is 7.02. The molecule has 1 heterocycles. The molecule has 1 aromatic heterocycles. The van der Waals surface area contributed by atoms with Crippen LogP contribution in [0.5, 0.6) is 5.75 Å². The molecule has 140 valence electrons. The normalized spacial score (nSPS) is 13.0. The van der Waals surface area contributed by atoms with Crippen molar-refractivity contribution in [2.45, 2.75) is 46.3 Å². The number of amides is 1. The van der Waals surface area contributed by atoms with Crippen molar-refractivity contribution < 1.29 is 19.1 Å². The number of aryl methyl sites for hydroxylation is 2. The molecule has 1 amide bonds. The van der Waals surface area contributed by atoms with Crippen molar-refractivity contribution in [1.29, 1.82) is 0 Å². The number of para-hydroxylation sites is 1. The number of anilines is 1. The van der Waals surface area contributed by atoms with E-state index < -0.39 is 24.1 Å². The van der Waals surface area contributed by atoms with Crippen LogP contribution >= 0.6 is 0 Å². The van der Waals surface area contributed by atoms with Crippen LogP contribution in [0, 0.1) is 13.8 Å². The van der Waals surface area contributed by atoms with E-state index in [0.717, 1.165) is 5.69 Å². The van der Waals surface area contributed by atoms with Crippen molar-refractivity contribution in [3.8, 4) is 5.75 Å². The van der Waals surface area contributed by atoms with Crippen molar-refractivity contribution in [2.24, 2.45) is 7.05 Å². The Morgan fingerprint density at radius 1 is 1.23 bits per heavy atom. The Morgan fingerprint density at radius 3 is 2.42 bits per heavy atom. The van der Waals surface area contributed by atoms with E-state index in [9.17, 15) is 9.59 Å². The van der Waals surface area contributed by atoms with Gasteiger partial charge < -0.3 is 14.8 Å². The monoisotopic (exact) mass is 359 g/mol. The molecule has 1 aromatic carbocycles. The van der Waals surface area contributed by atoms with Crippen LogP contribution < -0.4 is 10.1 Å². The number of benzene rings is 1. The number of carbonyl (C=O) groups excluding carboxylic acids is 2. The van der Waals surface area contributed by atoms with Gasteiger partial charge >= 0.3 is 5.97 Å². The van der Waals surface area contributed by atoms with Gasteiger partial charge in [-0.25, -0.2) is 4.79 Å². The summed E-state index contributed by atoms with van der Waals surface area (Å²) < 4.78 is 12.6. The van der Waals surface area contributed by atoms with Gasteiger partial charge in [-0.05, 0) is 39.3 Å². The van der Waals surface area contributed by atoms with Crippen molar-refractivity contribution in [2.75, 3.05) is 5.32 Å². The molecule has 1 N–H and O–H groups in total. The van der Waals surface area contributed by atoms with Crippen molar-refractivity contribution >= 4 is 17.6 Å². The lowest BCUT2D eigenvalue weighted by molar-refractivity contribution is -0.160. The Kier molecular flexibility index (Phi) is 6.38. The van der Waals surface area contributed by atoms with E-state index in [1.807, 2.05) is 32.0 Å². The van der Waals surface area contributed by atoms with E-state index in [0.29, 0.717) is 23.6 Å². The third-order valence-corrected chi connectivity index (χ3v) is 4.07. The predicted octanol–water partition coefficient (Wildman–Crippen LogP) is 2.76. The number of hydrogen-bond donors (Lipinski definition) is 1. The molecule has 0 fully saturated rings. The molecule has 0 saturated heterocycles. The lowest BCUT2D eigenvalue weighted by atomic mass is 10.2. The third kappa shape index (κ3) is 4.62. The van der Waals surface area contributed by atoms with E-state index in [2.05, 4.69) is 10.4 Å². The Balaban J connectivity index is 1.97. The summed E-state index contributed by atoms with van der Waals surface area (Å²) in [6.07, 6.45) is -1.28. The van der Waals surface area contributed by atoms with Crippen LogP contribution in [-0.4, -0.2) is 33.9 Å². The molecule has 2 atom stereocenters. The Labute approximate surface area is 153 Å². The second kappa shape index (κ2) is 8.51. The number of aromatic nitrogens is 2. The summed E-state index contributed by atoms with van der Waals surface area (Å²) in [6, 6.07) is 9.03. The number of carbonyl (C=O) groups is 2. The maximum absolute atomic E-state index is 12.4. The highest BCUT2D eigenvalue weighted by Gasteiger charge is 2.26. The molecule has 7 nitrogen and oxygen atoms in total. The van der Waals surface area contributed by atoms with Crippen LogP contribution in [0.3, 0.4) is 0 Å². The van der Waals surface area contributed by atoms with Gasteiger partial charge in [0.25, 0.3) is 5.91 Å². The van der Waals surface area contributed by atoms with Gasteiger partial charge in [-0.1, -0.05) is 25.1 Å². The average Bonchev–Trinajstić information content (AvgIpc) is 2.86. The van der Waals surface area contributed by atoms with Crippen LogP contribution in [0.15, 0.2) is 30.3 Å². The van der Waals surface area contributed by atoms with Gasteiger partial charge in [0.1, 0.15) is 5.75 Å². The van der Waals surface area contributed by atoms with Crippen molar-refractivity contribution in [3.63, 3.8) is 0 Å². The fourth-order valence-electron chi connectivity index (χ4n) is 2.44. The molecular weight excluding hydrogens is 334 g/mol. The van der Waals surface area contributed by atoms with Crippen molar-refractivity contribution in [1.82, 2.24) is 9.78 Å². The van der Waals surface area contributed by atoms with Crippen LogP contribution in [0.1, 0.15) is 31.7 Å². The molecule has 0 spiro atoms. The highest BCUT2D eigenvalue weighted by Crippen LogP contribution is 2.19. The maximum atomic E-state index is 12.4. The summed E-state index contributed by atoms with van der Waals surface area (Å²) in [4.78, 5) is 24.7. The minimum absolute atomic E-state index is 0.410. The first-order valence-electron chi connectivity index (χ1n) is 8.56. The van der Waals surface area contributed by atoms with Gasteiger partial charge in [0.2, 0.25) is 0 Å². The zero-order chi connectivity index (χ0) is 19.3. The summed E-state index contributed by atoms with van der Waals surface area (Å²) in [6.45, 7) is 7.01. The third-order valence-electron chi connectivity index (χ3n) is 4.07. The van der Waals surface area contributed by atoms with Crippen LogP contribution in [0.2, 0.25) is 0 Å². The minimum atomic E-state index is -0.949. The number of rotatable bonds is 7. The van der Waals surface area contributed by atoms with Gasteiger partial charge in [-0.2, -0.15) is 5.10 Å². The molecule has 2 rings (SSSR count). The lowest BCUT2D eigenvalue weighted by Gasteiger charge is -2.19. The Hall–Kier alpha value is -2.83. The zero-order valence-electron chi connectivity index (χ0n) is 15.8. The fourth-order valence-corrected chi connectivity index (χ4v) is 2.44. The summed E-state index contributed by atoms with van der Waals surface area (Å²) in [5.41, 5.74) is 2.16. The molecule has 0 saturated carbocycles. The molecule has 7 heteroatoms. The largest absolute Gasteiger partial charge is 0.479 e. The number of nitrogens with zero attached hydrogens (tertiary/aromatic N) is 2. The molecule has 0 aliphatic carbocycles. The first-order chi connectivity index (χ1) is 12.3. The number of esters is 1. The van der Waals surface area contributed by atoms with Crippen molar-refractivity contribution in [3.05, 3.63) is 41.7 Å². The SMILES string of the molecule is CC[C@@H](Oc1ccccc1)C(=O)O[C@@H](C)C(=O)Nc1c(C)nn(C)c1C. The van der Waals surface area contributed by atoms with Gasteiger partial charge in [0.15, 0.2) is 12.2 Å². The molecule has 0 aliphatic heterocycles. The predicted molar refractivity (Wildman–Crippen MR) is 98.0 cm³/mol. The summed E-state index contributed by atoms with van der Waals surface area (Å²) >= 11 is 0. The second-order valence-corrected chi connectivity index (χ2v) is 6.07. The molecule has 0 radical (unpaired) electrons. The number of hydrogen-bond acceptors (Lipinski definition) is 5. The summed E-state index contributed by atoms with van der Waals surface area (Å²) in [5.74, 6) is -0.402. The van der Waals surface area contributed by atoms with Gasteiger partial charge in [-0.3, -0.25) is 9.48 Å². The topological polar surface area (TPSA) is 82.4 Å². The smallest absolute Gasteiger partial charge is 0.348 e. The van der Waals surface area contributed by atoms with Crippen LogP contribution in [0.25, 0.3) is 0 Å². The van der Waals surface area contributed by atoms with Gasteiger partial charge in [0.05, 0.1) is 17.1 Å². The molecule has 2 aromatic rings. The van der Waals surface area contributed by atoms with E-state index in [-0.39, 0.29) is 0 Å². The zero-order valence-corrected chi connectivity index (χ0v) is 15.8. The number of nitrogens with one attached hydrogen (secondary N) is 1. The van der Waals surface area contributed by atoms with E-state index in [1.165, 1.54) is 6.92 Å². The standard InChI is InChI=1S/C19H25N3O4/c1-6-16(26-15-10-8-7-9-11-15)19(24)25-14(4)18(23)20-17-12(2)21-22(5)13(17)3/h7-11,14,16H,6H2,1-5H3,(H,20,23)/t14-,16+/m0/s1. The van der Waals surface area contributed by atoms with Gasteiger partial charge in [-0.15, -0.1) is 0 Å². The first kappa shape index (κ1) is 19.5. The second-order valence-electron chi connectivity index (χ2n) is 6.07. The van der Waals surface area contributed by atoms with E-state index in [4.69, 9.17) is 9.47 Å². The molecule has 26 heavy (non-hydrogen) atoms. The molecule has 0 unspecified atom stereocenters. The molecular formula is C19H25N3O4. The average molecular weight is 359 g/mol. The highest BCUT2D eigenvalue weighted by atomic mass is 16.6. The Morgan fingerprint density at radius 2 is 1.88 bits per heavy atom. The van der Waals surface area contributed by atoms with Crippen LogP contribution in [0.4, 0.5) is 5.69 Å². The fraction of sp³-hybridized carbons (Fsp3) is 0.421. The maximum Gasteiger partial charge on any atom is 0.348 e. The lowest BCUT2D eigenvalue weighted by Crippen LogP contribution is -2.36. The first-order valence-corrected chi connectivity index (χ1v) is 8.56.